The van der Waals surface area contributed by atoms with Gasteiger partial charge in [-0.1, -0.05) is 30.8 Å². The van der Waals surface area contributed by atoms with Gasteiger partial charge in [-0.2, -0.15) is 0 Å². The van der Waals surface area contributed by atoms with E-state index in [-0.39, 0.29) is 17.1 Å². The summed E-state index contributed by atoms with van der Waals surface area (Å²) in [7, 11) is 1.76. The Bertz CT molecular complexity index is 1450. The van der Waals surface area contributed by atoms with Crippen molar-refractivity contribution in [3.05, 3.63) is 65.9 Å². The molecule has 4 heterocycles. The van der Waals surface area contributed by atoms with Gasteiger partial charge in [0.15, 0.2) is 0 Å². The van der Waals surface area contributed by atoms with Crippen LogP contribution in [-0.4, -0.2) is 78.3 Å². The molecule has 7 nitrogen and oxygen atoms in total. The third kappa shape index (κ3) is 4.47. The standard InChI is InChI=1S/C32H38N4O3/c1-5-29(38)36-19-32(20-36)12-14-35(18-32)31-22(3)30(26-8-6-7-23-15-24(37)9-10-25(23)26)27-11-13-34(16-28(27)33-31)21(2)17-39-4/h5-10,15,21,37H,1,11-14,16-20H2,2-4H3/t21-/m1/s1. The largest absolute Gasteiger partial charge is 0.508 e. The van der Waals surface area contributed by atoms with Crippen LogP contribution >= 0.6 is 0 Å². The first-order valence-electron chi connectivity index (χ1n) is 14.0. The Labute approximate surface area is 230 Å². The molecule has 3 aromatic rings. The van der Waals surface area contributed by atoms with Crippen LogP contribution in [0.25, 0.3) is 21.9 Å². The highest BCUT2D eigenvalue weighted by Crippen LogP contribution is 2.45. The van der Waals surface area contributed by atoms with Gasteiger partial charge in [0.2, 0.25) is 5.91 Å². The number of carbonyl (C=O) groups excluding carboxylic acids is 1. The average Bonchev–Trinajstić information content (AvgIpc) is 3.37. The summed E-state index contributed by atoms with van der Waals surface area (Å²) in [5.74, 6) is 1.37. The van der Waals surface area contributed by atoms with Gasteiger partial charge >= 0.3 is 0 Å². The van der Waals surface area contributed by atoms with Crippen LogP contribution in [0.5, 0.6) is 5.75 Å². The Hall–Kier alpha value is -3.42. The number of aromatic nitrogens is 1. The Kier molecular flexibility index (Phi) is 6.60. The maximum atomic E-state index is 12.1. The highest BCUT2D eigenvalue weighted by molar-refractivity contribution is 5.99. The van der Waals surface area contributed by atoms with E-state index >= 15 is 0 Å². The number of methoxy groups -OCH3 is 1. The van der Waals surface area contributed by atoms with Crippen LogP contribution in [0.1, 0.15) is 30.2 Å². The van der Waals surface area contributed by atoms with E-state index in [4.69, 9.17) is 9.72 Å². The zero-order chi connectivity index (χ0) is 27.3. The van der Waals surface area contributed by atoms with Crippen molar-refractivity contribution in [3.63, 3.8) is 0 Å². The SMILES string of the molecule is C=CC(=O)N1CC2(CCN(c3nc4c(c(-c5cccc6cc(O)ccc56)c3C)CCN([C@H](C)COC)C4)C2)C1. The van der Waals surface area contributed by atoms with Gasteiger partial charge in [0, 0.05) is 57.8 Å². The molecule has 0 bridgehead atoms. The van der Waals surface area contributed by atoms with Crippen molar-refractivity contribution >= 4 is 22.5 Å². The molecule has 1 amide bonds. The number of aromatic hydroxyl groups is 1. The number of hydrogen-bond donors (Lipinski definition) is 1. The fraction of sp³-hybridized carbons (Fsp3) is 0.438. The predicted octanol–water partition coefficient (Wildman–Crippen LogP) is 4.53. The number of anilines is 1. The summed E-state index contributed by atoms with van der Waals surface area (Å²) in [6.45, 7) is 14.0. The zero-order valence-electron chi connectivity index (χ0n) is 23.2. The molecule has 1 aromatic heterocycles. The average molecular weight is 527 g/mol. The Morgan fingerprint density at radius 3 is 2.82 bits per heavy atom. The number of ether oxygens (including phenoxy) is 1. The number of nitrogens with zero attached hydrogens (tertiary/aromatic N) is 4. The first-order valence-corrected chi connectivity index (χ1v) is 14.0. The number of amides is 1. The highest BCUT2D eigenvalue weighted by atomic mass is 16.5. The van der Waals surface area contributed by atoms with Crippen molar-refractivity contribution in [2.75, 3.05) is 51.3 Å². The predicted molar refractivity (Wildman–Crippen MR) is 155 cm³/mol. The van der Waals surface area contributed by atoms with Crippen LogP contribution in [0.2, 0.25) is 0 Å². The number of phenolic OH excluding ortho intramolecular Hbond substituents is 1. The van der Waals surface area contributed by atoms with E-state index in [2.05, 4.69) is 48.4 Å². The van der Waals surface area contributed by atoms with Crippen molar-refractivity contribution < 1.29 is 14.6 Å². The second-order valence-corrected chi connectivity index (χ2v) is 11.7. The lowest BCUT2D eigenvalue weighted by atomic mass is 9.79. The zero-order valence-corrected chi connectivity index (χ0v) is 23.2. The summed E-state index contributed by atoms with van der Waals surface area (Å²) in [4.78, 5) is 24.3. The molecule has 6 rings (SSSR count). The maximum Gasteiger partial charge on any atom is 0.245 e. The molecule has 0 unspecified atom stereocenters. The van der Waals surface area contributed by atoms with Gasteiger partial charge in [0.25, 0.3) is 0 Å². The van der Waals surface area contributed by atoms with Crippen molar-refractivity contribution in [2.45, 2.75) is 39.3 Å². The second kappa shape index (κ2) is 9.96. The quantitative estimate of drug-likeness (QED) is 0.476. The Balaban J connectivity index is 1.43. The number of fused-ring (bicyclic) bond motifs is 2. The van der Waals surface area contributed by atoms with E-state index in [0.717, 1.165) is 74.4 Å². The second-order valence-electron chi connectivity index (χ2n) is 11.7. The lowest BCUT2D eigenvalue weighted by Gasteiger charge is -2.47. The van der Waals surface area contributed by atoms with Crippen molar-refractivity contribution in [2.24, 2.45) is 5.41 Å². The molecule has 0 aliphatic carbocycles. The van der Waals surface area contributed by atoms with Gasteiger partial charge < -0.3 is 19.6 Å². The molecular formula is C32H38N4O3. The van der Waals surface area contributed by atoms with Gasteiger partial charge in [0.1, 0.15) is 11.6 Å². The van der Waals surface area contributed by atoms with Gasteiger partial charge in [0.05, 0.1) is 12.3 Å². The molecule has 1 spiro atoms. The molecule has 3 aliphatic rings. The minimum absolute atomic E-state index is 0.0247. The topological polar surface area (TPSA) is 69.1 Å². The van der Waals surface area contributed by atoms with Crippen LogP contribution < -0.4 is 4.90 Å². The summed E-state index contributed by atoms with van der Waals surface area (Å²) in [5.41, 5.74) is 6.31. The number of carbonyl (C=O) groups is 1. The lowest BCUT2D eigenvalue weighted by molar-refractivity contribution is -0.136. The van der Waals surface area contributed by atoms with E-state index < -0.39 is 0 Å². The van der Waals surface area contributed by atoms with Crippen LogP contribution in [0, 0.1) is 12.3 Å². The number of rotatable bonds is 6. The first kappa shape index (κ1) is 25.8. The summed E-state index contributed by atoms with van der Waals surface area (Å²) in [5, 5.41) is 12.3. The van der Waals surface area contributed by atoms with Crippen molar-refractivity contribution in [1.29, 1.82) is 0 Å². The minimum atomic E-state index is 0.0247. The smallest absolute Gasteiger partial charge is 0.245 e. The molecular weight excluding hydrogens is 488 g/mol. The van der Waals surface area contributed by atoms with E-state index in [1.54, 1.807) is 13.2 Å². The van der Waals surface area contributed by atoms with E-state index in [9.17, 15) is 9.90 Å². The Morgan fingerprint density at radius 1 is 1.23 bits per heavy atom. The van der Waals surface area contributed by atoms with E-state index in [0.29, 0.717) is 12.6 Å². The normalized spacial score (nSPS) is 19.3. The monoisotopic (exact) mass is 526 g/mol. The fourth-order valence-corrected chi connectivity index (χ4v) is 7.00. The highest BCUT2D eigenvalue weighted by Gasteiger charge is 2.49. The van der Waals surface area contributed by atoms with Crippen LogP contribution in [0.15, 0.2) is 49.1 Å². The van der Waals surface area contributed by atoms with Gasteiger partial charge in [-0.15, -0.1) is 0 Å². The summed E-state index contributed by atoms with van der Waals surface area (Å²) in [6.07, 6.45) is 3.41. The number of hydrogen-bond acceptors (Lipinski definition) is 6. The van der Waals surface area contributed by atoms with Crippen molar-refractivity contribution in [3.8, 4) is 16.9 Å². The molecule has 7 heteroatoms. The summed E-state index contributed by atoms with van der Waals surface area (Å²) >= 11 is 0. The lowest BCUT2D eigenvalue weighted by Crippen LogP contribution is -2.59. The molecule has 204 valence electrons. The molecule has 2 aromatic carbocycles. The molecule has 2 saturated heterocycles. The number of pyridine rings is 1. The molecule has 1 N–H and O–H groups in total. The van der Waals surface area contributed by atoms with Crippen LogP contribution in [0.3, 0.4) is 0 Å². The van der Waals surface area contributed by atoms with E-state index in [1.807, 2.05) is 17.0 Å². The van der Waals surface area contributed by atoms with Crippen LogP contribution in [0.4, 0.5) is 5.82 Å². The molecule has 2 fully saturated rings. The fourth-order valence-electron chi connectivity index (χ4n) is 7.00. The minimum Gasteiger partial charge on any atom is -0.508 e. The summed E-state index contributed by atoms with van der Waals surface area (Å²) < 4.78 is 5.47. The third-order valence-corrected chi connectivity index (χ3v) is 9.04. The molecule has 39 heavy (non-hydrogen) atoms. The van der Waals surface area contributed by atoms with Crippen molar-refractivity contribution in [1.82, 2.24) is 14.8 Å². The maximum absolute atomic E-state index is 12.1. The third-order valence-electron chi connectivity index (χ3n) is 9.04. The molecule has 3 aliphatic heterocycles. The number of phenols is 1. The molecule has 0 radical (unpaired) electrons. The Morgan fingerprint density at radius 2 is 2.05 bits per heavy atom. The first-order chi connectivity index (χ1) is 18.8. The van der Waals surface area contributed by atoms with Gasteiger partial charge in [-0.05, 0) is 77.9 Å². The molecule has 0 saturated carbocycles. The van der Waals surface area contributed by atoms with Crippen LogP contribution in [-0.2, 0) is 22.5 Å². The molecule has 1 atom stereocenters. The number of likely N-dealkylation sites (tertiary alicyclic amines) is 1. The van der Waals surface area contributed by atoms with Gasteiger partial charge in [-0.25, -0.2) is 4.98 Å². The van der Waals surface area contributed by atoms with E-state index in [1.165, 1.54) is 28.3 Å². The summed E-state index contributed by atoms with van der Waals surface area (Å²) in [6, 6.07) is 12.3. The van der Waals surface area contributed by atoms with Gasteiger partial charge in [-0.3, -0.25) is 9.69 Å². The number of benzene rings is 2.